The summed E-state index contributed by atoms with van der Waals surface area (Å²) in [6.07, 6.45) is 0. The maximum Gasteiger partial charge on any atom is 0.263 e. The lowest BCUT2D eigenvalue weighted by atomic mass is 10.1. The summed E-state index contributed by atoms with van der Waals surface area (Å²) in [6, 6.07) is 13.2. The van der Waals surface area contributed by atoms with Gasteiger partial charge in [-0.05, 0) is 37.4 Å². The molecule has 1 amide bonds. The number of methoxy groups -OCH3 is 2. The zero-order valence-corrected chi connectivity index (χ0v) is 18.2. The number of likely N-dealkylation sites (N-methyl/N-ethyl adjacent to an activating group) is 1. The second-order valence-corrected chi connectivity index (χ2v) is 7.52. The van der Waals surface area contributed by atoms with E-state index in [1.54, 1.807) is 37.3 Å². The van der Waals surface area contributed by atoms with E-state index < -0.39 is 0 Å². The van der Waals surface area contributed by atoms with Crippen molar-refractivity contribution in [3.05, 3.63) is 48.0 Å². The van der Waals surface area contributed by atoms with E-state index in [9.17, 15) is 4.79 Å². The zero-order chi connectivity index (χ0) is 20.8. The molecule has 3 rings (SSSR count). The number of amides is 1. The molecule has 29 heavy (non-hydrogen) atoms. The summed E-state index contributed by atoms with van der Waals surface area (Å²) in [7, 11) is 3.15. The fraction of sp³-hybridized carbons (Fsp3) is 0.364. The Morgan fingerprint density at radius 2 is 1.79 bits per heavy atom. The smallest absolute Gasteiger partial charge is 0.263 e. The van der Waals surface area contributed by atoms with Gasteiger partial charge >= 0.3 is 0 Å². The normalized spacial score (nSPS) is 11.1. The van der Waals surface area contributed by atoms with Gasteiger partial charge in [0, 0.05) is 19.2 Å². The lowest BCUT2D eigenvalue weighted by Gasteiger charge is -2.25. The molecule has 154 valence electrons. The third-order valence-corrected chi connectivity index (χ3v) is 5.99. The second-order valence-electron chi connectivity index (χ2n) is 6.51. The number of fused-ring (bicyclic) bond motifs is 1. The molecule has 0 radical (unpaired) electrons. The molecule has 0 aliphatic heterocycles. The third-order valence-electron chi connectivity index (χ3n) is 4.93. The van der Waals surface area contributed by atoms with Gasteiger partial charge in [-0.1, -0.05) is 37.3 Å². The average molecular weight is 414 g/mol. The molecule has 7 heteroatoms. The largest absolute Gasteiger partial charge is 0.497 e. The molecule has 3 aromatic rings. The summed E-state index contributed by atoms with van der Waals surface area (Å²) in [5.41, 5.74) is 1.39. The van der Waals surface area contributed by atoms with Crippen molar-refractivity contribution in [1.29, 1.82) is 0 Å². The molecule has 0 fully saturated rings. The highest BCUT2D eigenvalue weighted by molar-refractivity contribution is 7.22. The van der Waals surface area contributed by atoms with Crippen LogP contribution in [0.2, 0.25) is 0 Å². The average Bonchev–Trinajstić information content (AvgIpc) is 3.19. The van der Waals surface area contributed by atoms with Gasteiger partial charge in [-0.2, -0.15) is 0 Å². The highest BCUT2D eigenvalue weighted by Crippen LogP contribution is 2.32. The molecule has 1 aromatic heterocycles. The van der Waals surface area contributed by atoms with Gasteiger partial charge in [-0.15, -0.1) is 0 Å². The van der Waals surface area contributed by atoms with Crippen molar-refractivity contribution in [2.24, 2.45) is 0 Å². The third kappa shape index (κ3) is 4.68. The first kappa shape index (κ1) is 21.1. The van der Waals surface area contributed by atoms with Crippen LogP contribution in [0.15, 0.2) is 42.5 Å². The van der Waals surface area contributed by atoms with Gasteiger partial charge in [-0.25, -0.2) is 4.98 Å². The van der Waals surface area contributed by atoms with Gasteiger partial charge in [0.15, 0.2) is 5.13 Å². The van der Waals surface area contributed by atoms with E-state index in [-0.39, 0.29) is 5.91 Å². The number of nitrogens with zero attached hydrogens (tertiary/aromatic N) is 3. The summed E-state index contributed by atoms with van der Waals surface area (Å²) in [4.78, 5) is 22.3. The Labute approximate surface area is 175 Å². The van der Waals surface area contributed by atoms with Gasteiger partial charge in [-0.3, -0.25) is 9.69 Å². The van der Waals surface area contributed by atoms with Gasteiger partial charge in [0.25, 0.3) is 5.91 Å². The number of para-hydroxylation sites is 1. The first-order valence-corrected chi connectivity index (χ1v) is 10.5. The van der Waals surface area contributed by atoms with E-state index >= 15 is 0 Å². The van der Waals surface area contributed by atoms with Crippen molar-refractivity contribution in [2.45, 2.75) is 13.8 Å². The quantitative estimate of drug-likeness (QED) is 0.523. The SMILES string of the molecule is CCN(CC)CCN(C(=O)c1ccc(OC)cc1OC)c1nc2ccccc2s1. The number of thiazole rings is 1. The maximum atomic E-state index is 13.5. The molecular formula is C22H27N3O3S. The molecule has 0 atom stereocenters. The molecule has 6 nitrogen and oxygen atoms in total. The van der Waals surface area contributed by atoms with Crippen LogP contribution in [0.3, 0.4) is 0 Å². The van der Waals surface area contributed by atoms with Crippen molar-refractivity contribution in [3.8, 4) is 11.5 Å². The first-order chi connectivity index (χ1) is 14.1. The number of rotatable bonds is 9. The lowest BCUT2D eigenvalue weighted by molar-refractivity contribution is 0.0981. The molecule has 0 spiro atoms. The predicted molar refractivity (Wildman–Crippen MR) is 119 cm³/mol. The number of carbonyl (C=O) groups excluding carboxylic acids is 1. The van der Waals surface area contributed by atoms with Gasteiger partial charge in [0.05, 0.1) is 30.0 Å². The number of benzene rings is 2. The highest BCUT2D eigenvalue weighted by atomic mass is 32.1. The molecule has 0 aliphatic rings. The Morgan fingerprint density at radius 3 is 2.45 bits per heavy atom. The second kappa shape index (κ2) is 9.71. The molecule has 0 saturated carbocycles. The zero-order valence-electron chi connectivity index (χ0n) is 17.3. The van der Waals surface area contributed by atoms with E-state index in [1.165, 1.54) is 11.3 Å². The summed E-state index contributed by atoms with van der Waals surface area (Å²) in [5, 5.41) is 0.696. The van der Waals surface area contributed by atoms with Crippen molar-refractivity contribution >= 4 is 32.6 Å². The fourth-order valence-corrected chi connectivity index (χ4v) is 4.15. The lowest BCUT2D eigenvalue weighted by Crippen LogP contribution is -2.39. The van der Waals surface area contributed by atoms with Crippen molar-refractivity contribution in [2.75, 3.05) is 45.3 Å². The molecule has 0 N–H and O–H groups in total. The minimum Gasteiger partial charge on any atom is -0.497 e. The van der Waals surface area contributed by atoms with Crippen LogP contribution >= 0.6 is 11.3 Å². The van der Waals surface area contributed by atoms with Crippen molar-refractivity contribution in [3.63, 3.8) is 0 Å². The minimum atomic E-state index is -0.129. The summed E-state index contributed by atoms with van der Waals surface area (Å²) < 4.78 is 11.8. The molecule has 0 bridgehead atoms. The number of aromatic nitrogens is 1. The molecule has 1 heterocycles. The number of ether oxygens (including phenoxy) is 2. The van der Waals surface area contributed by atoms with Crippen LogP contribution in [0.25, 0.3) is 10.2 Å². The van der Waals surface area contributed by atoms with Gasteiger partial charge in [0.2, 0.25) is 0 Å². The molecule has 0 aliphatic carbocycles. The van der Waals surface area contributed by atoms with Crippen LogP contribution in [0.4, 0.5) is 5.13 Å². The van der Waals surface area contributed by atoms with Crippen molar-refractivity contribution in [1.82, 2.24) is 9.88 Å². The summed E-state index contributed by atoms with van der Waals surface area (Å²) in [5.74, 6) is 1.01. The van der Waals surface area contributed by atoms with Gasteiger partial charge in [0.1, 0.15) is 11.5 Å². The van der Waals surface area contributed by atoms with Crippen LogP contribution in [0, 0.1) is 0 Å². The van der Waals surface area contributed by atoms with E-state index in [1.807, 2.05) is 24.3 Å². The Kier molecular flexibility index (Phi) is 7.06. The van der Waals surface area contributed by atoms with Crippen molar-refractivity contribution < 1.29 is 14.3 Å². The van der Waals surface area contributed by atoms with Crippen LogP contribution in [-0.2, 0) is 0 Å². The molecule has 2 aromatic carbocycles. The Morgan fingerprint density at radius 1 is 1.03 bits per heavy atom. The Bertz CT molecular complexity index is 936. The van der Waals surface area contributed by atoms with Gasteiger partial charge < -0.3 is 14.4 Å². The van der Waals surface area contributed by atoms with Crippen LogP contribution < -0.4 is 14.4 Å². The summed E-state index contributed by atoms with van der Waals surface area (Å²) >= 11 is 1.53. The number of hydrogen-bond acceptors (Lipinski definition) is 6. The van der Waals surface area contributed by atoms with E-state index in [0.717, 1.165) is 29.9 Å². The molecule has 0 unspecified atom stereocenters. The topological polar surface area (TPSA) is 54.9 Å². The molecule has 0 saturated heterocycles. The summed E-state index contributed by atoms with van der Waals surface area (Å²) in [6.45, 7) is 7.44. The maximum absolute atomic E-state index is 13.5. The first-order valence-electron chi connectivity index (χ1n) is 9.73. The van der Waals surface area contributed by atoms with E-state index in [2.05, 4.69) is 18.7 Å². The predicted octanol–water partition coefficient (Wildman–Crippen LogP) is 4.30. The number of carbonyl (C=O) groups is 1. The van der Waals surface area contributed by atoms with Crippen LogP contribution in [0.5, 0.6) is 11.5 Å². The molecular weight excluding hydrogens is 386 g/mol. The Hall–Kier alpha value is -2.64. The highest BCUT2D eigenvalue weighted by Gasteiger charge is 2.24. The minimum absolute atomic E-state index is 0.129. The van der Waals surface area contributed by atoms with Crippen LogP contribution in [-0.4, -0.2) is 56.2 Å². The van der Waals surface area contributed by atoms with E-state index in [4.69, 9.17) is 14.5 Å². The van der Waals surface area contributed by atoms with E-state index in [0.29, 0.717) is 28.7 Å². The standard InChI is InChI=1S/C22H27N3O3S/c1-5-24(6-2)13-14-25(22-23-18-9-7-8-10-20(18)29-22)21(26)17-12-11-16(27-3)15-19(17)28-4/h7-12,15H,5-6,13-14H2,1-4H3. The fourth-order valence-electron chi connectivity index (χ4n) is 3.16. The Balaban J connectivity index is 1.98. The number of hydrogen-bond donors (Lipinski definition) is 0. The number of anilines is 1. The monoisotopic (exact) mass is 413 g/mol. The van der Waals surface area contributed by atoms with Crippen LogP contribution in [0.1, 0.15) is 24.2 Å².